The number of pyridine rings is 1. The Morgan fingerprint density at radius 1 is 1.02 bits per heavy atom. The van der Waals surface area contributed by atoms with E-state index in [1.807, 2.05) is 11.0 Å². The summed E-state index contributed by atoms with van der Waals surface area (Å²) in [7, 11) is 0. The van der Waals surface area contributed by atoms with Crippen LogP contribution in [-0.4, -0.2) is 80.3 Å². The number of aromatic nitrogens is 4. The van der Waals surface area contributed by atoms with Gasteiger partial charge < -0.3 is 23.6 Å². The van der Waals surface area contributed by atoms with Crippen LogP contribution in [0.15, 0.2) is 40.9 Å². The van der Waals surface area contributed by atoms with Gasteiger partial charge in [-0.1, -0.05) is 23.3 Å². The molecule has 0 radical (unpaired) electrons. The molecule has 1 N–H and O–H groups in total. The zero-order valence-electron chi connectivity index (χ0n) is 21.3. The smallest absolute Gasteiger partial charge is 0.431 e. The van der Waals surface area contributed by atoms with Crippen LogP contribution >= 0.6 is 0 Å². The highest BCUT2D eigenvalue weighted by Crippen LogP contribution is 2.38. The van der Waals surface area contributed by atoms with Crippen molar-refractivity contribution in [2.24, 2.45) is 0 Å². The van der Waals surface area contributed by atoms with E-state index in [1.54, 1.807) is 24.4 Å². The van der Waals surface area contributed by atoms with Gasteiger partial charge in [0.2, 0.25) is 5.71 Å². The monoisotopic (exact) mass is 570 g/mol. The molecular formula is C27H25F3N6O3S. The molecule has 0 saturated carbocycles. The third-order valence-corrected chi connectivity index (χ3v) is 8.68. The topological polar surface area (TPSA) is 106 Å². The van der Waals surface area contributed by atoms with Crippen molar-refractivity contribution in [3.8, 4) is 11.4 Å². The normalized spacial score (nSPS) is 17.9. The third-order valence-electron chi connectivity index (χ3n) is 7.41. The predicted octanol–water partition coefficient (Wildman–Crippen LogP) is 4.34. The molecule has 2 aliphatic rings. The van der Waals surface area contributed by atoms with Gasteiger partial charge in [0.1, 0.15) is 22.7 Å². The van der Waals surface area contributed by atoms with Crippen LogP contribution in [0.3, 0.4) is 0 Å². The van der Waals surface area contributed by atoms with Gasteiger partial charge >= 0.3 is 6.18 Å². The molecule has 0 aliphatic carbocycles. The SMILES string of the molecule is [O-][S+]1CCN(Cc2cnc3oc4c(N5CCOCC5)nc(-c5cccc6[nH]c(C(F)(F)F)cc56)nc4c3c2)CC1. The Morgan fingerprint density at radius 2 is 1.82 bits per heavy atom. The van der Waals surface area contributed by atoms with E-state index >= 15 is 0 Å². The van der Waals surface area contributed by atoms with Crippen molar-refractivity contribution in [2.75, 3.05) is 55.8 Å². The first kappa shape index (κ1) is 25.6. The second-order valence-electron chi connectivity index (χ2n) is 10.0. The molecule has 4 aromatic heterocycles. The number of benzene rings is 1. The van der Waals surface area contributed by atoms with Crippen LogP contribution < -0.4 is 4.90 Å². The summed E-state index contributed by atoms with van der Waals surface area (Å²) in [6, 6.07) is 8.13. The molecule has 2 saturated heterocycles. The van der Waals surface area contributed by atoms with E-state index < -0.39 is 23.0 Å². The minimum atomic E-state index is -4.51. The molecule has 0 atom stereocenters. The highest BCUT2D eigenvalue weighted by Gasteiger charge is 2.33. The molecule has 1 aromatic carbocycles. The van der Waals surface area contributed by atoms with Crippen molar-refractivity contribution in [1.82, 2.24) is 24.8 Å². The van der Waals surface area contributed by atoms with Crippen LogP contribution in [0.1, 0.15) is 11.3 Å². The zero-order valence-corrected chi connectivity index (χ0v) is 22.1. The Hall–Kier alpha value is -3.39. The van der Waals surface area contributed by atoms with Crippen LogP contribution in [0, 0.1) is 0 Å². The molecule has 0 amide bonds. The molecule has 7 rings (SSSR count). The van der Waals surface area contributed by atoms with E-state index in [9.17, 15) is 17.7 Å². The number of furan rings is 1. The highest BCUT2D eigenvalue weighted by molar-refractivity contribution is 7.91. The number of H-pyrrole nitrogens is 1. The zero-order chi connectivity index (χ0) is 27.4. The number of aromatic amines is 1. The second-order valence-corrected chi connectivity index (χ2v) is 11.7. The van der Waals surface area contributed by atoms with Crippen LogP contribution in [0.5, 0.6) is 0 Å². The summed E-state index contributed by atoms with van der Waals surface area (Å²) in [5.41, 5.74) is 2.44. The molecule has 0 spiro atoms. The van der Waals surface area contributed by atoms with Gasteiger partial charge in [-0.05, 0) is 23.8 Å². The number of ether oxygens (including phenoxy) is 1. The molecule has 6 heterocycles. The number of halogens is 3. The minimum absolute atomic E-state index is 0.305. The number of rotatable bonds is 4. The molecule has 0 bridgehead atoms. The summed E-state index contributed by atoms with van der Waals surface area (Å²) >= 11 is -0.761. The van der Waals surface area contributed by atoms with Crippen molar-refractivity contribution in [2.45, 2.75) is 12.7 Å². The van der Waals surface area contributed by atoms with E-state index in [0.717, 1.165) is 24.7 Å². The molecule has 9 nitrogen and oxygen atoms in total. The molecule has 40 heavy (non-hydrogen) atoms. The molecule has 2 fully saturated rings. The van der Waals surface area contributed by atoms with E-state index in [4.69, 9.17) is 19.1 Å². The predicted molar refractivity (Wildman–Crippen MR) is 146 cm³/mol. The lowest BCUT2D eigenvalue weighted by atomic mass is 10.1. The van der Waals surface area contributed by atoms with Gasteiger partial charge in [0.05, 0.1) is 18.6 Å². The van der Waals surface area contributed by atoms with Crippen molar-refractivity contribution >= 4 is 50.1 Å². The highest BCUT2D eigenvalue weighted by atomic mass is 32.2. The first-order valence-electron chi connectivity index (χ1n) is 13.0. The Balaban J connectivity index is 1.38. The van der Waals surface area contributed by atoms with Crippen LogP contribution in [0.25, 0.3) is 44.5 Å². The summed E-state index contributed by atoms with van der Waals surface area (Å²) in [4.78, 5) is 21.0. The number of morpholine rings is 1. The average Bonchev–Trinajstić information content (AvgIpc) is 3.56. The molecular weight excluding hydrogens is 545 g/mol. The lowest BCUT2D eigenvalue weighted by Gasteiger charge is -2.28. The van der Waals surface area contributed by atoms with Crippen molar-refractivity contribution in [3.05, 3.63) is 47.8 Å². The Bertz CT molecular complexity index is 1710. The van der Waals surface area contributed by atoms with Gasteiger partial charge in [-0.25, -0.2) is 15.0 Å². The van der Waals surface area contributed by atoms with Crippen LogP contribution in [0.4, 0.5) is 19.0 Å². The van der Waals surface area contributed by atoms with E-state index in [2.05, 4.69) is 14.9 Å². The fourth-order valence-corrected chi connectivity index (χ4v) is 6.48. The number of nitrogens with one attached hydrogen (secondary N) is 1. The number of nitrogens with zero attached hydrogens (tertiary/aromatic N) is 5. The van der Waals surface area contributed by atoms with Gasteiger partial charge in [-0.3, -0.25) is 4.90 Å². The average molecular weight is 571 g/mol. The molecule has 0 unspecified atom stereocenters. The molecule has 208 valence electrons. The van der Waals surface area contributed by atoms with Gasteiger partial charge in [0, 0.05) is 55.4 Å². The molecule has 5 aromatic rings. The summed E-state index contributed by atoms with van der Waals surface area (Å²) < 4.78 is 64.0. The van der Waals surface area contributed by atoms with E-state index in [1.165, 1.54) is 0 Å². The second kappa shape index (κ2) is 9.91. The van der Waals surface area contributed by atoms with Crippen LogP contribution in [-0.2, 0) is 28.6 Å². The number of hydrogen-bond acceptors (Lipinski definition) is 8. The summed E-state index contributed by atoms with van der Waals surface area (Å²) in [6.07, 6.45) is -2.73. The Morgan fingerprint density at radius 3 is 2.60 bits per heavy atom. The number of hydrogen-bond donors (Lipinski definition) is 1. The van der Waals surface area contributed by atoms with Gasteiger partial charge in [0.15, 0.2) is 17.2 Å². The summed E-state index contributed by atoms with van der Waals surface area (Å²) in [5, 5.41) is 1.10. The minimum Gasteiger partial charge on any atom is -0.616 e. The number of fused-ring (bicyclic) bond motifs is 4. The van der Waals surface area contributed by atoms with Gasteiger partial charge in [-0.15, -0.1) is 0 Å². The number of anilines is 1. The lowest BCUT2D eigenvalue weighted by Crippen LogP contribution is -2.39. The van der Waals surface area contributed by atoms with Gasteiger partial charge in [-0.2, -0.15) is 13.2 Å². The van der Waals surface area contributed by atoms with E-state index in [0.29, 0.717) is 94.7 Å². The largest absolute Gasteiger partial charge is 0.616 e. The lowest BCUT2D eigenvalue weighted by molar-refractivity contribution is -0.140. The van der Waals surface area contributed by atoms with Crippen molar-refractivity contribution < 1.29 is 26.9 Å². The van der Waals surface area contributed by atoms with Crippen LogP contribution in [0.2, 0.25) is 0 Å². The fraction of sp³-hybridized carbons (Fsp3) is 0.370. The first-order valence-corrected chi connectivity index (χ1v) is 14.5. The Labute approximate surface area is 229 Å². The fourth-order valence-electron chi connectivity index (χ4n) is 5.35. The maximum absolute atomic E-state index is 13.5. The maximum Gasteiger partial charge on any atom is 0.431 e. The van der Waals surface area contributed by atoms with E-state index in [-0.39, 0.29) is 0 Å². The molecule has 13 heteroatoms. The summed E-state index contributed by atoms with van der Waals surface area (Å²) in [6.45, 7) is 4.38. The molecule has 2 aliphatic heterocycles. The number of alkyl halides is 3. The summed E-state index contributed by atoms with van der Waals surface area (Å²) in [5.74, 6) is 2.18. The van der Waals surface area contributed by atoms with Crippen molar-refractivity contribution in [3.63, 3.8) is 0 Å². The standard InChI is InChI=1S/C27H25F3N6O3S/c28-27(29,30)21-13-18-17(2-1-3-20(18)32-21)24-33-22-19-12-16(15-35-6-10-40(37)11-7-35)14-31-26(19)39-23(22)25(34-24)36-4-8-38-9-5-36/h1-3,12-14,32H,4-11,15H2. The maximum atomic E-state index is 13.5. The Kier molecular flexibility index (Phi) is 6.33. The first-order chi connectivity index (χ1) is 19.3. The van der Waals surface area contributed by atoms with Crippen molar-refractivity contribution in [1.29, 1.82) is 0 Å². The van der Waals surface area contributed by atoms with Gasteiger partial charge in [0.25, 0.3) is 0 Å². The quantitative estimate of drug-likeness (QED) is 0.318. The third kappa shape index (κ3) is 4.66.